The summed E-state index contributed by atoms with van der Waals surface area (Å²) < 4.78 is 25.9. The van der Waals surface area contributed by atoms with Crippen molar-refractivity contribution in [3.05, 3.63) is 59.1 Å². The molecule has 2 aromatic carbocycles. The molecule has 0 aliphatic rings. The Kier molecular flexibility index (Phi) is 7.99. The van der Waals surface area contributed by atoms with Crippen molar-refractivity contribution in [3.63, 3.8) is 0 Å². The summed E-state index contributed by atoms with van der Waals surface area (Å²) in [5, 5.41) is 2.79. The van der Waals surface area contributed by atoms with Crippen molar-refractivity contribution in [1.82, 2.24) is 5.32 Å². The predicted octanol–water partition coefficient (Wildman–Crippen LogP) is 3.51. The molecule has 0 saturated heterocycles. The highest BCUT2D eigenvalue weighted by Crippen LogP contribution is 2.22. The molecule has 0 unspecified atom stereocenters. The van der Waals surface area contributed by atoms with Gasteiger partial charge in [0.05, 0.1) is 11.9 Å². The molecule has 0 aromatic heterocycles. The molecule has 0 spiro atoms. The summed E-state index contributed by atoms with van der Waals surface area (Å²) in [7, 11) is -3.55. The number of carbonyl (C=O) groups excluding carboxylic acids is 1. The van der Waals surface area contributed by atoms with E-state index in [1.54, 1.807) is 36.0 Å². The third-order valence-corrected chi connectivity index (χ3v) is 6.17. The molecule has 0 saturated carbocycles. The fraction of sp³-hybridized carbons (Fsp3) is 0.278. The van der Waals surface area contributed by atoms with Crippen LogP contribution in [0.3, 0.4) is 0 Å². The minimum absolute atomic E-state index is 0.235. The van der Waals surface area contributed by atoms with E-state index in [0.29, 0.717) is 12.2 Å². The quantitative estimate of drug-likeness (QED) is 0.462. The summed E-state index contributed by atoms with van der Waals surface area (Å²) in [5.74, 6) is 0.561. The second-order valence-electron chi connectivity index (χ2n) is 5.61. The molecule has 0 aliphatic heterocycles. The lowest BCUT2D eigenvalue weighted by atomic mass is 10.3. The Hall–Kier alpha value is -1.51. The molecule has 0 aliphatic carbocycles. The Morgan fingerprint density at radius 1 is 1.15 bits per heavy atom. The highest BCUT2D eigenvalue weighted by Gasteiger charge is 2.20. The number of nitrogens with zero attached hydrogens (tertiary/aromatic N) is 1. The summed E-state index contributed by atoms with van der Waals surface area (Å²) in [6.45, 7) is 0.274. The van der Waals surface area contributed by atoms with Crippen molar-refractivity contribution in [1.29, 1.82) is 0 Å². The van der Waals surface area contributed by atoms with Gasteiger partial charge in [-0.05, 0) is 42.5 Å². The molecular weight excluding hydrogens is 436 g/mol. The van der Waals surface area contributed by atoms with Gasteiger partial charge in [0.15, 0.2) is 0 Å². The first-order chi connectivity index (χ1) is 12.4. The van der Waals surface area contributed by atoms with Gasteiger partial charge in [0.1, 0.15) is 6.54 Å². The van der Waals surface area contributed by atoms with Crippen LogP contribution in [0.2, 0.25) is 0 Å². The molecule has 2 aromatic rings. The molecule has 8 heteroatoms. The number of hydrogen-bond acceptors (Lipinski definition) is 4. The molecule has 0 heterocycles. The van der Waals surface area contributed by atoms with Crippen LogP contribution in [-0.2, 0) is 14.8 Å². The van der Waals surface area contributed by atoms with Gasteiger partial charge < -0.3 is 5.32 Å². The molecule has 140 valence electrons. The number of halogens is 1. The highest BCUT2D eigenvalue weighted by atomic mass is 79.9. The zero-order chi connectivity index (χ0) is 19.0. The van der Waals surface area contributed by atoms with Crippen molar-refractivity contribution >= 4 is 49.3 Å². The van der Waals surface area contributed by atoms with Crippen LogP contribution in [0.5, 0.6) is 0 Å². The first-order valence-corrected chi connectivity index (χ1v) is 11.7. The van der Waals surface area contributed by atoms with E-state index < -0.39 is 10.0 Å². The summed E-state index contributed by atoms with van der Waals surface area (Å²) in [6.07, 6.45) is 1.90. The van der Waals surface area contributed by atoms with Crippen LogP contribution in [0.15, 0.2) is 64.0 Å². The number of nitrogens with one attached hydrogen (secondary N) is 1. The average molecular weight is 457 g/mol. The van der Waals surface area contributed by atoms with Gasteiger partial charge in [-0.1, -0.05) is 40.2 Å². The Labute approximate surface area is 167 Å². The van der Waals surface area contributed by atoms with Gasteiger partial charge in [-0.2, -0.15) is 0 Å². The number of anilines is 1. The van der Waals surface area contributed by atoms with Crippen molar-refractivity contribution in [3.8, 4) is 0 Å². The predicted molar refractivity (Wildman–Crippen MR) is 111 cm³/mol. The van der Waals surface area contributed by atoms with Crippen LogP contribution in [0.25, 0.3) is 0 Å². The number of rotatable bonds is 9. The van der Waals surface area contributed by atoms with E-state index in [1.807, 2.05) is 30.3 Å². The van der Waals surface area contributed by atoms with E-state index in [2.05, 4.69) is 21.2 Å². The van der Waals surface area contributed by atoms with Crippen molar-refractivity contribution in [2.45, 2.75) is 11.3 Å². The molecule has 2 rings (SSSR count). The van der Waals surface area contributed by atoms with Gasteiger partial charge in [-0.3, -0.25) is 9.10 Å². The molecule has 1 amide bonds. The number of sulfonamides is 1. The van der Waals surface area contributed by atoms with E-state index in [9.17, 15) is 13.2 Å². The fourth-order valence-corrected chi connectivity index (χ4v) is 4.33. The maximum absolute atomic E-state index is 12.2. The fourth-order valence-electron chi connectivity index (χ4n) is 2.22. The molecule has 1 N–H and O–H groups in total. The van der Waals surface area contributed by atoms with Gasteiger partial charge in [0.2, 0.25) is 15.9 Å². The van der Waals surface area contributed by atoms with Gasteiger partial charge in [0, 0.05) is 15.9 Å². The number of amides is 1. The van der Waals surface area contributed by atoms with E-state index >= 15 is 0 Å². The Bertz CT molecular complexity index is 829. The molecule has 26 heavy (non-hydrogen) atoms. The highest BCUT2D eigenvalue weighted by molar-refractivity contribution is 9.10. The minimum Gasteiger partial charge on any atom is -0.354 e. The number of benzene rings is 2. The summed E-state index contributed by atoms with van der Waals surface area (Å²) in [4.78, 5) is 13.3. The minimum atomic E-state index is -3.55. The van der Waals surface area contributed by atoms with Crippen molar-refractivity contribution in [2.24, 2.45) is 0 Å². The van der Waals surface area contributed by atoms with Crippen molar-refractivity contribution in [2.75, 3.05) is 29.4 Å². The first-order valence-electron chi connectivity index (χ1n) is 8.04. The van der Waals surface area contributed by atoms with E-state index in [-0.39, 0.29) is 12.5 Å². The SMILES string of the molecule is CS(=O)(=O)N(CC(=O)NCCCSc1ccccc1)c1cccc(Br)c1. The summed E-state index contributed by atoms with van der Waals surface area (Å²) in [5.41, 5.74) is 0.455. The number of carbonyl (C=O) groups is 1. The lowest BCUT2D eigenvalue weighted by Gasteiger charge is -2.22. The largest absolute Gasteiger partial charge is 0.354 e. The second kappa shape index (κ2) is 9.99. The standard InChI is InChI=1S/C18H21BrN2O3S2/c1-26(23,24)21(16-8-5-7-15(19)13-16)14-18(22)20-11-6-12-25-17-9-3-2-4-10-17/h2-5,7-10,13H,6,11-12,14H2,1H3,(H,20,22). The third-order valence-electron chi connectivity index (χ3n) is 3.44. The van der Waals surface area contributed by atoms with Gasteiger partial charge >= 0.3 is 0 Å². The van der Waals surface area contributed by atoms with Crippen LogP contribution >= 0.6 is 27.7 Å². The van der Waals surface area contributed by atoms with E-state index in [4.69, 9.17) is 0 Å². The maximum Gasteiger partial charge on any atom is 0.240 e. The Morgan fingerprint density at radius 2 is 1.88 bits per heavy atom. The lowest BCUT2D eigenvalue weighted by molar-refractivity contribution is -0.119. The molecular formula is C18H21BrN2O3S2. The number of hydrogen-bond donors (Lipinski definition) is 1. The molecule has 0 radical (unpaired) electrons. The maximum atomic E-state index is 12.2. The molecule has 0 fully saturated rings. The molecule has 0 bridgehead atoms. The second-order valence-corrected chi connectivity index (χ2v) is 9.61. The topological polar surface area (TPSA) is 66.5 Å². The smallest absolute Gasteiger partial charge is 0.240 e. The Morgan fingerprint density at radius 3 is 2.54 bits per heavy atom. The van der Waals surface area contributed by atoms with Crippen molar-refractivity contribution < 1.29 is 13.2 Å². The lowest BCUT2D eigenvalue weighted by Crippen LogP contribution is -2.40. The van der Waals surface area contributed by atoms with Gasteiger partial charge in [-0.15, -0.1) is 11.8 Å². The monoisotopic (exact) mass is 456 g/mol. The van der Waals surface area contributed by atoms with Crippen LogP contribution in [0.4, 0.5) is 5.69 Å². The third kappa shape index (κ3) is 7.01. The van der Waals surface area contributed by atoms with Gasteiger partial charge in [-0.25, -0.2) is 8.42 Å². The Balaban J connectivity index is 1.82. The zero-order valence-electron chi connectivity index (χ0n) is 14.4. The molecule has 0 atom stereocenters. The number of thioether (sulfide) groups is 1. The van der Waals surface area contributed by atoms with E-state index in [1.165, 1.54) is 4.90 Å². The van der Waals surface area contributed by atoms with E-state index in [0.717, 1.165) is 27.2 Å². The molecule has 5 nitrogen and oxygen atoms in total. The zero-order valence-corrected chi connectivity index (χ0v) is 17.6. The van der Waals surface area contributed by atoms with Crippen LogP contribution in [-0.4, -0.2) is 39.4 Å². The first kappa shape index (κ1) is 20.8. The van der Waals surface area contributed by atoms with Crippen LogP contribution < -0.4 is 9.62 Å². The summed E-state index contributed by atoms with van der Waals surface area (Å²) in [6, 6.07) is 16.9. The summed E-state index contributed by atoms with van der Waals surface area (Å²) >= 11 is 5.04. The average Bonchev–Trinajstić information content (AvgIpc) is 2.59. The normalized spacial score (nSPS) is 11.2. The van der Waals surface area contributed by atoms with Crippen LogP contribution in [0.1, 0.15) is 6.42 Å². The van der Waals surface area contributed by atoms with Crippen LogP contribution in [0, 0.1) is 0 Å². The van der Waals surface area contributed by atoms with Gasteiger partial charge in [0.25, 0.3) is 0 Å².